The van der Waals surface area contributed by atoms with E-state index in [9.17, 15) is 10.5 Å². The van der Waals surface area contributed by atoms with Crippen molar-refractivity contribution in [1.82, 2.24) is 0 Å². The van der Waals surface area contributed by atoms with E-state index in [0.717, 1.165) is 61.1 Å². The van der Waals surface area contributed by atoms with E-state index in [0.29, 0.717) is 11.1 Å². The van der Waals surface area contributed by atoms with E-state index in [4.69, 9.17) is 0 Å². The van der Waals surface area contributed by atoms with Crippen LogP contribution in [-0.4, -0.2) is 0 Å². The van der Waals surface area contributed by atoms with Gasteiger partial charge < -0.3 is 9.80 Å². The van der Waals surface area contributed by atoms with E-state index in [1.54, 1.807) is 0 Å². The zero-order valence-corrected chi connectivity index (χ0v) is 36.4. The topological polar surface area (TPSA) is 54.1 Å². The fraction of sp³-hybridized carbons (Fsp3) is 0.0159. The number of fused-ring (bicyclic) bond motifs is 10. The second-order valence-electron chi connectivity index (χ2n) is 17.0. The molecule has 0 saturated carbocycles. The molecule has 0 fully saturated rings. The van der Waals surface area contributed by atoms with Crippen LogP contribution in [0, 0.1) is 22.7 Å². The Hall–Kier alpha value is -9.22. The summed E-state index contributed by atoms with van der Waals surface area (Å²) in [5.41, 5.74) is 13.6. The lowest BCUT2D eigenvalue weighted by Crippen LogP contribution is -2.29. The molecule has 0 bridgehead atoms. The fourth-order valence-corrected chi connectivity index (χ4v) is 10.8. The van der Waals surface area contributed by atoms with Crippen LogP contribution in [0.2, 0.25) is 0 Å². The van der Waals surface area contributed by atoms with Crippen molar-refractivity contribution in [2.75, 3.05) is 9.80 Å². The van der Waals surface area contributed by atoms with Gasteiger partial charge in [0.15, 0.2) is 0 Å². The lowest BCUT2D eigenvalue weighted by molar-refractivity contribution is 0.776. The molecule has 0 saturated heterocycles. The van der Waals surface area contributed by atoms with Crippen molar-refractivity contribution in [3.63, 3.8) is 0 Å². The standard InChI is InChI=1S/C63H40N4/c64-41-43-32-34-49(35-33-43)67(48-25-11-4-12-26-48)59-40-58-60(55-31-16-14-29-53(55)59)61-54-30-15-13-28-52(54)57-39-51(66(47-23-9-3-10-24-47)50-27-17-18-44(38-50)42-65)36-37-56(57)62(61)63(58,45-19-5-1-6-20-45)46-21-7-2-8-22-46/h1-40H. The van der Waals surface area contributed by atoms with Crippen molar-refractivity contribution in [2.24, 2.45) is 0 Å². The normalized spacial score (nSPS) is 12.3. The molecule has 0 amide bonds. The zero-order chi connectivity index (χ0) is 44.9. The van der Waals surface area contributed by atoms with Gasteiger partial charge in [-0.1, -0.05) is 158 Å². The lowest BCUT2D eigenvalue weighted by atomic mass is 9.66. The van der Waals surface area contributed by atoms with Gasteiger partial charge in [0.2, 0.25) is 0 Å². The van der Waals surface area contributed by atoms with E-state index in [1.165, 1.54) is 38.8 Å². The first-order valence-corrected chi connectivity index (χ1v) is 22.5. The summed E-state index contributed by atoms with van der Waals surface area (Å²) in [7, 11) is 0. The van der Waals surface area contributed by atoms with E-state index < -0.39 is 5.41 Å². The van der Waals surface area contributed by atoms with Gasteiger partial charge in [0.1, 0.15) is 0 Å². The van der Waals surface area contributed by atoms with Gasteiger partial charge in [0.25, 0.3) is 0 Å². The molecule has 4 nitrogen and oxygen atoms in total. The predicted octanol–water partition coefficient (Wildman–Crippen LogP) is 16.2. The third-order valence-electron chi connectivity index (χ3n) is 13.5. The highest BCUT2D eigenvalue weighted by Gasteiger charge is 2.49. The Morgan fingerprint density at radius 2 is 0.791 bits per heavy atom. The van der Waals surface area contributed by atoms with Crippen LogP contribution in [0.15, 0.2) is 243 Å². The summed E-state index contributed by atoms with van der Waals surface area (Å²) < 4.78 is 0. The first-order chi connectivity index (χ1) is 33.2. The first kappa shape index (κ1) is 39.4. The third kappa shape index (κ3) is 6.20. The quantitative estimate of drug-likeness (QED) is 0.143. The Bertz CT molecular complexity index is 3720. The van der Waals surface area contributed by atoms with Crippen LogP contribution >= 0.6 is 0 Å². The predicted molar refractivity (Wildman–Crippen MR) is 275 cm³/mol. The van der Waals surface area contributed by atoms with Crippen LogP contribution < -0.4 is 9.80 Å². The van der Waals surface area contributed by atoms with Crippen molar-refractivity contribution < 1.29 is 0 Å². The second kappa shape index (κ2) is 16.1. The molecule has 4 heteroatoms. The molecule has 1 aliphatic carbocycles. The summed E-state index contributed by atoms with van der Waals surface area (Å²) in [4.78, 5) is 4.59. The molecule has 0 N–H and O–H groups in total. The lowest BCUT2D eigenvalue weighted by Gasteiger charge is -2.36. The Balaban J connectivity index is 1.24. The highest BCUT2D eigenvalue weighted by molar-refractivity contribution is 6.24. The molecule has 0 radical (unpaired) electrons. The number of rotatable bonds is 8. The Labute approximate surface area is 389 Å². The maximum Gasteiger partial charge on any atom is 0.0992 e. The number of hydrogen-bond acceptors (Lipinski definition) is 4. The van der Waals surface area contributed by atoms with Crippen molar-refractivity contribution in [1.29, 1.82) is 10.5 Å². The fourth-order valence-electron chi connectivity index (χ4n) is 10.8. The van der Waals surface area contributed by atoms with Gasteiger partial charge in [0.05, 0.1) is 34.4 Å². The monoisotopic (exact) mass is 852 g/mol. The molecule has 0 unspecified atom stereocenters. The number of nitriles is 2. The van der Waals surface area contributed by atoms with Crippen LogP contribution in [0.5, 0.6) is 0 Å². The summed E-state index contributed by atoms with van der Waals surface area (Å²) in [6, 6.07) is 90.6. The second-order valence-corrected chi connectivity index (χ2v) is 17.0. The number of hydrogen-bond donors (Lipinski definition) is 0. The SMILES string of the molecule is N#Cc1ccc(N(c2ccccc2)c2cc3c(c4ccccc24)-c2c(c4ccc(N(c5ccccc5)c5cccc(C#N)c5)cc4c4ccccc24)C3(c2ccccc2)c2ccccc2)cc1. The van der Waals surface area contributed by atoms with E-state index in [1.807, 2.05) is 36.4 Å². The molecule has 0 heterocycles. The molecule has 0 aromatic heterocycles. The summed E-state index contributed by atoms with van der Waals surface area (Å²) in [5.74, 6) is 0. The largest absolute Gasteiger partial charge is 0.310 e. The van der Waals surface area contributed by atoms with Crippen LogP contribution in [0.3, 0.4) is 0 Å². The summed E-state index contributed by atoms with van der Waals surface area (Å²) in [6.45, 7) is 0. The molecular weight excluding hydrogens is 813 g/mol. The first-order valence-electron chi connectivity index (χ1n) is 22.5. The number of para-hydroxylation sites is 2. The van der Waals surface area contributed by atoms with Crippen molar-refractivity contribution in [2.45, 2.75) is 5.41 Å². The average Bonchev–Trinajstić information content (AvgIpc) is 3.72. The molecule has 0 aliphatic heterocycles. The Morgan fingerprint density at radius 1 is 0.313 bits per heavy atom. The minimum atomic E-state index is -0.775. The average molecular weight is 853 g/mol. The molecule has 11 aromatic rings. The van der Waals surface area contributed by atoms with E-state index in [2.05, 4.69) is 228 Å². The van der Waals surface area contributed by atoms with Crippen LogP contribution in [0.1, 0.15) is 33.4 Å². The summed E-state index contributed by atoms with van der Waals surface area (Å²) >= 11 is 0. The number of nitrogens with zero attached hydrogens (tertiary/aromatic N) is 4. The van der Waals surface area contributed by atoms with E-state index in [-0.39, 0.29) is 0 Å². The smallest absolute Gasteiger partial charge is 0.0992 e. The van der Waals surface area contributed by atoms with Gasteiger partial charge >= 0.3 is 0 Å². The zero-order valence-electron chi connectivity index (χ0n) is 36.4. The van der Waals surface area contributed by atoms with Crippen molar-refractivity contribution in [3.05, 3.63) is 276 Å². The maximum absolute atomic E-state index is 10.0. The highest BCUT2D eigenvalue weighted by Crippen LogP contribution is 2.63. The van der Waals surface area contributed by atoms with Crippen molar-refractivity contribution in [3.8, 4) is 23.3 Å². The van der Waals surface area contributed by atoms with E-state index >= 15 is 0 Å². The number of benzene rings is 11. The molecule has 12 rings (SSSR count). The van der Waals surface area contributed by atoms with Crippen LogP contribution in [0.25, 0.3) is 43.4 Å². The highest BCUT2D eigenvalue weighted by atomic mass is 15.1. The van der Waals surface area contributed by atoms with Crippen LogP contribution in [0.4, 0.5) is 34.1 Å². The van der Waals surface area contributed by atoms with Gasteiger partial charge in [-0.2, -0.15) is 10.5 Å². The van der Waals surface area contributed by atoms with Gasteiger partial charge in [-0.25, -0.2) is 0 Å². The summed E-state index contributed by atoms with van der Waals surface area (Å²) in [5, 5.41) is 26.8. The molecule has 1 aliphatic rings. The maximum atomic E-state index is 10.0. The van der Waals surface area contributed by atoms with Gasteiger partial charge in [-0.05, 0) is 145 Å². The Morgan fingerprint density at radius 3 is 1.40 bits per heavy atom. The molecule has 0 atom stereocenters. The minimum Gasteiger partial charge on any atom is -0.310 e. The van der Waals surface area contributed by atoms with Gasteiger partial charge in [-0.3, -0.25) is 0 Å². The molecule has 312 valence electrons. The third-order valence-corrected chi connectivity index (χ3v) is 13.5. The Kier molecular flexibility index (Phi) is 9.46. The minimum absolute atomic E-state index is 0.604. The molecule has 0 spiro atoms. The van der Waals surface area contributed by atoms with Gasteiger partial charge in [-0.15, -0.1) is 0 Å². The molecular formula is C63H40N4. The molecule has 67 heavy (non-hydrogen) atoms. The van der Waals surface area contributed by atoms with Crippen molar-refractivity contribution >= 4 is 66.4 Å². The summed E-state index contributed by atoms with van der Waals surface area (Å²) in [6.07, 6.45) is 0. The molecule has 11 aromatic carbocycles. The van der Waals surface area contributed by atoms with Gasteiger partial charge in [0, 0.05) is 33.8 Å². The van der Waals surface area contributed by atoms with Crippen LogP contribution in [-0.2, 0) is 5.41 Å². The number of anilines is 6.